The van der Waals surface area contributed by atoms with Crippen LogP contribution in [0.1, 0.15) is 52.5 Å². The van der Waals surface area contributed by atoms with Crippen molar-refractivity contribution in [1.29, 1.82) is 0 Å². The summed E-state index contributed by atoms with van der Waals surface area (Å²) in [6.45, 7) is 9.67. The van der Waals surface area contributed by atoms with E-state index >= 15 is 0 Å². The molecule has 2 atom stereocenters. The second-order valence-electron chi connectivity index (χ2n) is 6.36. The van der Waals surface area contributed by atoms with Crippen molar-refractivity contribution in [3.8, 4) is 0 Å². The van der Waals surface area contributed by atoms with Crippen LogP contribution in [0.2, 0.25) is 0 Å². The van der Waals surface area contributed by atoms with Gasteiger partial charge in [-0.05, 0) is 30.6 Å². The van der Waals surface area contributed by atoms with Crippen LogP contribution in [-0.2, 0) is 12.1 Å². The quantitative estimate of drug-likeness (QED) is 0.876. The second kappa shape index (κ2) is 4.13. The van der Waals surface area contributed by atoms with Gasteiger partial charge in [0.15, 0.2) is 0 Å². The highest BCUT2D eigenvalue weighted by Gasteiger charge is 2.48. The zero-order valence-electron chi connectivity index (χ0n) is 11.4. The van der Waals surface area contributed by atoms with E-state index in [4.69, 9.17) is 0 Å². The fourth-order valence-electron chi connectivity index (χ4n) is 3.30. The lowest BCUT2D eigenvalue weighted by atomic mass is 9.85. The predicted octanol–water partition coefficient (Wildman–Crippen LogP) is 2.94. The Labute approximate surface area is 104 Å². The Hall–Kier alpha value is -0.830. The first kappa shape index (κ1) is 12.6. The molecule has 1 aliphatic rings. The van der Waals surface area contributed by atoms with Gasteiger partial charge in [-0.3, -0.25) is 4.68 Å². The van der Waals surface area contributed by atoms with E-state index in [9.17, 15) is 5.11 Å². The molecular formula is C14H24N2O. The Bertz CT molecular complexity index is 397. The van der Waals surface area contributed by atoms with E-state index in [2.05, 4.69) is 32.8 Å². The molecule has 1 aliphatic carbocycles. The molecule has 1 saturated carbocycles. The smallest absolute Gasteiger partial charge is 0.0957 e. The molecule has 2 rings (SSSR count). The number of aryl methyl sites for hydroxylation is 1. The molecule has 0 saturated heterocycles. The number of aromatic nitrogens is 2. The molecule has 17 heavy (non-hydrogen) atoms. The minimum atomic E-state index is -0.685. The minimum Gasteiger partial charge on any atom is -0.385 e. The standard InChI is InChI=1S/C14H24N2O/c1-5-6-16-9-12(8-15-16)14(17)10-13(3,4)7-11(14)2/h8-9,11,17H,5-7,10H2,1-4H3. The highest BCUT2D eigenvalue weighted by atomic mass is 16.3. The Balaban J connectivity index is 2.25. The number of hydrogen-bond donors (Lipinski definition) is 1. The van der Waals surface area contributed by atoms with Crippen molar-refractivity contribution in [3.05, 3.63) is 18.0 Å². The Kier molecular flexibility index (Phi) is 3.06. The first-order valence-electron chi connectivity index (χ1n) is 6.63. The van der Waals surface area contributed by atoms with Gasteiger partial charge in [-0.25, -0.2) is 0 Å². The molecule has 0 aliphatic heterocycles. The SMILES string of the molecule is CCCn1cc(C2(O)CC(C)(C)CC2C)cn1. The van der Waals surface area contributed by atoms with Gasteiger partial charge in [0.2, 0.25) is 0 Å². The van der Waals surface area contributed by atoms with E-state index in [1.54, 1.807) is 0 Å². The van der Waals surface area contributed by atoms with E-state index in [0.29, 0.717) is 5.92 Å². The Morgan fingerprint density at radius 1 is 1.53 bits per heavy atom. The summed E-state index contributed by atoms with van der Waals surface area (Å²) in [7, 11) is 0. The van der Waals surface area contributed by atoms with E-state index in [-0.39, 0.29) is 5.41 Å². The number of aliphatic hydroxyl groups is 1. The molecule has 1 N–H and O–H groups in total. The summed E-state index contributed by atoms with van der Waals surface area (Å²) >= 11 is 0. The van der Waals surface area contributed by atoms with Gasteiger partial charge in [0, 0.05) is 18.3 Å². The van der Waals surface area contributed by atoms with Crippen LogP contribution >= 0.6 is 0 Å². The summed E-state index contributed by atoms with van der Waals surface area (Å²) in [5.41, 5.74) is 0.528. The van der Waals surface area contributed by atoms with Crippen LogP contribution in [0.3, 0.4) is 0 Å². The van der Waals surface area contributed by atoms with E-state index in [1.165, 1.54) is 0 Å². The molecule has 0 bridgehead atoms. The molecule has 0 radical (unpaired) electrons. The highest BCUT2D eigenvalue weighted by molar-refractivity contribution is 5.20. The number of rotatable bonds is 3. The summed E-state index contributed by atoms with van der Waals surface area (Å²) < 4.78 is 1.94. The molecule has 3 heteroatoms. The van der Waals surface area contributed by atoms with Crippen molar-refractivity contribution in [2.24, 2.45) is 11.3 Å². The lowest BCUT2D eigenvalue weighted by molar-refractivity contribution is -0.000928. The highest BCUT2D eigenvalue weighted by Crippen LogP contribution is 2.52. The van der Waals surface area contributed by atoms with Crippen LogP contribution in [0.5, 0.6) is 0 Å². The van der Waals surface area contributed by atoms with Gasteiger partial charge in [-0.2, -0.15) is 5.10 Å². The van der Waals surface area contributed by atoms with Gasteiger partial charge < -0.3 is 5.11 Å². The minimum absolute atomic E-state index is 0.223. The van der Waals surface area contributed by atoms with Crippen molar-refractivity contribution in [1.82, 2.24) is 9.78 Å². The Morgan fingerprint density at radius 2 is 2.24 bits per heavy atom. The van der Waals surface area contributed by atoms with Crippen LogP contribution in [0.25, 0.3) is 0 Å². The van der Waals surface area contributed by atoms with Crippen LogP contribution in [-0.4, -0.2) is 14.9 Å². The summed E-state index contributed by atoms with van der Waals surface area (Å²) in [5.74, 6) is 0.303. The topological polar surface area (TPSA) is 38.0 Å². The van der Waals surface area contributed by atoms with Gasteiger partial charge in [0.1, 0.15) is 0 Å². The molecule has 1 fully saturated rings. The van der Waals surface area contributed by atoms with Gasteiger partial charge in [0.05, 0.1) is 11.8 Å². The molecule has 1 aromatic rings. The van der Waals surface area contributed by atoms with Crippen LogP contribution < -0.4 is 0 Å². The monoisotopic (exact) mass is 236 g/mol. The lowest BCUT2D eigenvalue weighted by Gasteiger charge is -2.27. The summed E-state index contributed by atoms with van der Waals surface area (Å²) in [5, 5.41) is 15.2. The van der Waals surface area contributed by atoms with Crippen molar-refractivity contribution in [2.45, 2.75) is 59.1 Å². The number of nitrogens with zero attached hydrogens (tertiary/aromatic N) is 2. The summed E-state index contributed by atoms with van der Waals surface area (Å²) in [4.78, 5) is 0. The van der Waals surface area contributed by atoms with Crippen molar-refractivity contribution in [2.75, 3.05) is 0 Å². The van der Waals surface area contributed by atoms with Crippen molar-refractivity contribution >= 4 is 0 Å². The largest absolute Gasteiger partial charge is 0.385 e. The third kappa shape index (κ3) is 2.25. The molecule has 3 nitrogen and oxygen atoms in total. The van der Waals surface area contributed by atoms with Crippen molar-refractivity contribution < 1.29 is 5.11 Å². The molecule has 1 aromatic heterocycles. The first-order chi connectivity index (χ1) is 7.87. The maximum Gasteiger partial charge on any atom is 0.0957 e. The zero-order valence-corrected chi connectivity index (χ0v) is 11.4. The van der Waals surface area contributed by atoms with Gasteiger partial charge >= 0.3 is 0 Å². The molecule has 96 valence electrons. The van der Waals surface area contributed by atoms with Gasteiger partial charge in [-0.15, -0.1) is 0 Å². The molecule has 0 spiro atoms. The fraction of sp³-hybridized carbons (Fsp3) is 0.786. The van der Waals surface area contributed by atoms with Gasteiger partial charge in [-0.1, -0.05) is 27.7 Å². The maximum atomic E-state index is 10.9. The number of hydrogen-bond acceptors (Lipinski definition) is 2. The van der Waals surface area contributed by atoms with E-state index in [0.717, 1.165) is 31.4 Å². The van der Waals surface area contributed by atoms with Crippen LogP contribution in [0, 0.1) is 11.3 Å². The molecule has 1 heterocycles. The predicted molar refractivity (Wildman–Crippen MR) is 68.6 cm³/mol. The third-order valence-corrected chi connectivity index (χ3v) is 4.01. The third-order valence-electron chi connectivity index (χ3n) is 4.01. The average Bonchev–Trinajstić information content (AvgIpc) is 2.72. The summed E-state index contributed by atoms with van der Waals surface area (Å²) in [6.07, 6.45) is 6.83. The van der Waals surface area contributed by atoms with Crippen LogP contribution in [0.4, 0.5) is 0 Å². The molecule has 2 unspecified atom stereocenters. The van der Waals surface area contributed by atoms with Gasteiger partial charge in [0.25, 0.3) is 0 Å². The average molecular weight is 236 g/mol. The Morgan fingerprint density at radius 3 is 2.76 bits per heavy atom. The van der Waals surface area contributed by atoms with Crippen LogP contribution in [0.15, 0.2) is 12.4 Å². The lowest BCUT2D eigenvalue weighted by Crippen LogP contribution is -2.28. The molecular weight excluding hydrogens is 212 g/mol. The maximum absolute atomic E-state index is 10.9. The summed E-state index contributed by atoms with van der Waals surface area (Å²) in [6, 6.07) is 0. The fourth-order valence-corrected chi connectivity index (χ4v) is 3.30. The second-order valence-corrected chi connectivity index (χ2v) is 6.36. The molecule has 0 amide bonds. The zero-order chi connectivity index (χ0) is 12.7. The van der Waals surface area contributed by atoms with Crippen molar-refractivity contribution in [3.63, 3.8) is 0 Å². The normalized spacial score (nSPS) is 31.9. The van der Waals surface area contributed by atoms with E-state index in [1.807, 2.05) is 17.1 Å². The molecule has 0 aromatic carbocycles. The van der Waals surface area contributed by atoms with E-state index < -0.39 is 5.60 Å². The first-order valence-corrected chi connectivity index (χ1v) is 6.63.